The third-order valence-electron chi connectivity index (χ3n) is 5.15. The van der Waals surface area contributed by atoms with Gasteiger partial charge in [0.2, 0.25) is 0 Å². The average Bonchev–Trinajstić information content (AvgIpc) is 3.39. The van der Waals surface area contributed by atoms with Gasteiger partial charge in [-0.15, -0.1) is 11.3 Å². The number of hydrogen-bond acceptors (Lipinski definition) is 8. The Hall–Kier alpha value is -2.04. The van der Waals surface area contributed by atoms with Crippen LogP contribution < -0.4 is 5.32 Å². The molecule has 1 N–H and O–H groups in total. The zero-order valence-corrected chi connectivity index (χ0v) is 18.7. The maximum absolute atomic E-state index is 13.0. The summed E-state index contributed by atoms with van der Waals surface area (Å²) in [5.41, 5.74) is 1.97. The number of carbonyl (C=O) groups is 1. The van der Waals surface area contributed by atoms with E-state index in [0.29, 0.717) is 30.2 Å². The van der Waals surface area contributed by atoms with Crippen molar-refractivity contribution in [2.75, 3.05) is 30.4 Å². The Balaban J connectivity index is 1.55. The summed E-state index contributed by atoms with van der Waals surface area (Å²) in [6.45, 7) is 3.02. The third-order valence-corrected chi connectivity index (χ3v) is 8.91. The van der Waals surface area contributed by atoms with Crippen molar-refractivity contribution in [2.45, 2.75) is 19.9 Å². The number of thiophene rings is 2. The van der Waals surface area contributed by atoms with E-state index in [1.165, 1.54) is 17.7 Å². The molecule has 0 aromatic carbocycles. The molecule has 0 unspecified atom stereocenters. The first kappa shape index (κ1) is 20.2. The predicted octanol–water partition coefficient (Wildman–Crippen LogP) is 3.18. The number of aromatic nitrogens is 2. The fourth-order valence-electron chi connectivity index (χ4n) is 3.59. The van der Waals surface area contributed by atoms with Gasteiger partial charge in [0.05, 0.1) is 21.8 Å². The van der Waals surface area contributed by atoms with Gasteiger partial charge >= 0.3 is 0 Å². The summed E-state index contributed by atoms with van der Waals surface area (Å²) >= 11 is 2.98. The fourth-order valence-corrected chi connectivity index (χ4v) is 7.25. The highest BCUT2D eigenvalue weighted by Gasteiger charge is 2.28. The first-order valence-corrected chi connectivity index (χ1v) is 12.9. The number of rotatable bonds is 6. The second-order valence-electron chi connectivity index (χ2n) is 7.40. The molecule has 154 valence electrons. The van der Waals surface area contributed by atoms with Crippen LogP contribution in [0.15, 0.2) is 23.2 Å². The van der Waals surface area contributed by atoms with Gasteiger partial charge in [0.25, 0.3) is 5.91 Å². The highest BCUT2D eigenvalue weighted by molar-refractivity contribution is 7.91. The molecule has 29 heavy (non-hydrogen) atoms. The molecule has 3 aromatic heterocycles. The Bertz CT molecular complexity index is 1140. The monoisotopic (exact) mass is 450 g/mol. The van der Waals surface area contributed by atoms with Gasteiger partial charge in [-0.2, -0.15) is 11.3 Å². The van der Waals surface area contributed by atoms with Gasteiger partial charge < -0.3 is 10.2 Å². The minimum atomic E-state index is -2.91. The number of fused-ring (bicyclic) bond motifs is 1. The molecule has 0 spiro atoms. The van der Waals surface area contributed by atoms with Gasteiger partial charge in [-0.25, -0.2) is 18.4 Å². The maximum Gasteiger partial charge on any atom is 0.264 e. The van der Waals surface area contributed by atoms with E-state index in [1.54, 1.807) is 23.3 Å². The molecular formula is C19H22N4O3S3. The van der Waals surface area contributed by atoms with Gasteiger partial charge in [0.1, 0.15) is 17.0 Å². The third kappa shape index (κ3) is 4.29. The SMILES string of the molecule is Cc1c(C(=O)N(C)Cc2ccsc2)sc2ncnc(NC[C@@H]3CCS(=O)(=O)C3)c12. The highest BCUT2D eigenvalue weighted by atomic mass is 32.2. The lowest BCUT2D eigenvalue weighted by molar-refractivity contribution is 0.0789. The molecule has 0 aliphatic carbocycles. The second kappa shape index (κ2) is 8.00. The molecule has 1 saturated heterocycles. The summed E-state index contributed by atoms with van der Waals surface area (Å²) < 4.78 is 23.4. The zero-order chi connectivity index (χ0) is 20.6. The van der Waals surface area contributed by atoms with Crippen LogP contribution in [0.4, 0.5) is 5.82 Å². The molecule has 1 aliphatic rings. The van der Waals surface area contributed by atoms with E-state index in [0.717, 1.165) is 21.3 Å². The van der Waals surface area contributed by atoms with Crippen LogP contribution in [0.25, 0.3) is 10.2 Å². The summed E-state index contributed by atoms with van der Waals surface area (Å²) in [4.78, 5) is 24.8. The Morgan fingerprint density at radius 1 is 1.38 bits per heavy atom. The lowest BCUT2D eigenvalue weighted by Gasteiger charge is -2.16. The van der Waals surface area contributed by atoms with E-state index in [4.69, 9.17) is 0 Å². The van der Waals surface area contributed by atoms with Gasteiger partial charge in [0.15, 0.2) is 9.84 Å². The molecule has 10 heteroatoms. The molecule has 0 saturated carbocycles. The van der Waals surface area contributed by atoms with E-state index in [1.807, 2.05) is 23.8 Å². The number of nitrogens with one attached hydrogen (secondary N) is 1. The molecule has 1 atom stereocenters. The van der Waals surface area contributed by atoms with E-state index in [-0.39, 0.29) is 23.3 Å². The minimum absolute atomic E-state index is 0.0375. The normalized spacial score (nSPS) is 18.2. The zero-order valence-electron chi connectivity index (χ0n) is 16.2. The summed E-state index contributed by atoms with van der Waals surface area (Å²) in [6, 6.07) is 2.02. The summed E-state index contributed by atoms with van der Waals surface area (Å²) in [6.07, 6.45) is 2.15. The standard InChI is InChI=1S/C19H22N4O3S3/c1-12-15-17(20-7-13-4-6-29(25,26)10-13)21-11-22-18(15)28-16(12)19(24)23(2)8-14-3-5-27-9-14/h3,5,9,11,13H,4,6-8,10H2,1-2H3,(H,20,21,22)/t13-/m0/s1. The van der Waals surface area contributed by atoms with Crippen LogP contribution in [0, 0.1) is 12.8 Å². The van der Waals surface area contributed by atoms with Gasteiger partial charge in [0, 0.05) is 20.1 Å². The Labute approximate surface area is 177 Å². The second-order valence-corrected chi connectivity index (χ2v) is 11.4. The molecule has 1 amide bonds. The first-order valence-electron chi connectivity index (χ1n) is 9.29. The Morgan fingerprint density at radius 2 is 2.21 bits per heavy atom. The summed E-state index contributed by atoms with van der Waals surface area (Å²) in [5, 5.41) is 8.17. The maximum atomic E-state index is 13.0. The molecule has 7 nitrogen and oxygen atoms in total. The number of amides is 1. The van der Waals surface area contributed by atoms with Crippen molar-refractivity contribution in [3.63, 3.8) is 0 Å². The number of nitrogens with zero attached hydrogens (tertiary/aromatic N) is 3. The van der Waals surface area contributed by atoms with Gasteiger partial charge in [-0.3, -0.25) is 4.79 Å². The fraction of sp³-hybridized carbons (Fsp3) is 0.421. The topological polar surface area (TPSA) is 92.3 Å². The quantitative estimate of drug-likeness (QED) is 0.620. The molecule has 4 heterocycles. The van der Waals surface area contributed by atoms with Crippen LogP contribution in [0.5, 0.6) is 0 Å². The Kier molecular flexibility index (Phi) is 5.58. The minimum Gasteiger partial charge on any atom is -0.369 e. The molecule has 1 fully saturated rings. The van der Waals surface area contributed by atoms with Crippen LogP contribution >= 0.6 is 22.7 Å². The number of hydrogen-bond donors (Lipinski definition) is 1. The van der Waals surface area contributed by atoms with Crippen LogP contribution in [0.2, 0.25) is 0 Å². The van der Waals surface area contributed by atoms with E-state index >= 15 is 0 Å². The summed E-state index contributed by atoms with van der Waals surface area (Å²) in [7, 11) is -1.11. The summed E-state index contributed by atoms with van der Waals surface area (Å²) in [5.74, 6) is 1.18. The number of sulfone groups is 1. The van der Waals surface area contributed by atoms with E-state index < -0.39 is 9.84 Å². The van der Waals surface area contributed by atoms with Crippen molar-refractivity contribution in [1.82, 2.24) is 14.9 Å². The molecule has 4 rings (SSSR count). The molecular weight excluding hydrogens is 428 g/mol. The smallest absolute Gasteiger partial charge is 0.264 e. The lowest BCUT2D eigenvalue weighted by atomic mass is 10.1. The molecule has 0 radical (unpaired) electrons. The first-order chi connectivity index (χ1) is 13.8. The average molecular weight is 451 g/mol. The van der Waals surface area contributed by atoms with Crippen molar-refractivity contribution in [3.05, 3.63) is 39.2 Å². The van der Waals surface area contributed by atoms with Crippen LogP contribution in [-0.2, 0) is 16.4 Å². The van der Waals surface area contributed by atoms with Crippen molar-refractivity contribution in [2.24, 2.45) is 5.92 Å². The van der Waals surface area contributed by atoms with Crippen molar-refractivity contribution in [3.8, 4) is 0 Å². The van der Waals surface area contributed by atoms with Gasteiger partial charge in [-0.05, 0) is 47.2 Å². The molecule has 0 bridgehead atoms. The van der Waals surface area contributed by atoms with E-state index in [9.17, 15) is 13.2 Å². The highest BCUT2D eigenvalue weighted by Crippen LogP contribution is 2.34. The number of aryl methyl sites for hydroxylation is 1. The molecule has 3 aromatic rings. The lowest BCUT2D eigenvalue weighted by Crippen LogP contribution is -2.25. The largest absolute Gasteiger partial charge is 0.369 e. The molecule has 1 aliphatic heterocycles. The predicted molar refractivity (Wildman–Crippen MR) is 118 cm³/mol. The van der Waals surface area contributed by atoms with Crippen LogP contribution in [-0.4, -0.2) is 54.3 Å². The van der Waals surface area contributed by atoms with Crippen molar-refractivity contribution < 1.29 is 13.2 Å². The van der Waals surface area contributed by atoms with Gasteiger partial charge in [-0.1, -0.05) is 0 Å². The number of carbonyl (C=O) groups excluding carboxylic acids is 1. The number of anilines is 1. The van der Waals surface area contributed by atoms with Crippen LogP contribution in [0.1, 0.15) is 27.2 Å². The van der Waals surface area contributed by atoms with Crippen LogP contribution in [0.3, 0.4) is 0 Å². The van der Waals surface area contributed by atoms with Crippen molar-refractivity contribution in [1.29, 1.82) is 0 Å². The Morgan fingerprint density at radius 3 is 2.90 bits per heavy atom. The van der Waals surface area contributed by atoms with Crippen molar-refractivity contribution >= 4 is 54.5 Å². The van der Waals surface area contributed by atoms with E-state index in [2.05, 4.69) is 15.3 Å².